The van der Waals surface area contributed by atoms with Crippen molar-refractivity contribution in [3.8, 4) is 11.5 Å². The van der Waals surface area contributed by atoms with E-state index in [1.807, 2.05) is 23.1 Å². The van der Waals surface area contributed by atoms with Gasteiger partial charge in [0.15, 0.2) is 17.3 Å². The van der Waals surface area contributed by atoms with E-state index in [1.165, 1.54) is 6.33 Å². The fourth-order valence-corrected chi connectivity index (χ4v) is 3.82. The molecule has 0 atom stereocenters. The Kier molecular flexibility index (Phi) is 5.19. The van der Waals surface area contributed by atoms with Gasteiger partial charge >= 0.3 is 5.69 Å². The van der Waals surface area contributed by atoms with Gasteiger partial charge in [-0.2, -0.15) is 0 Å². The standard InChI is InChI=1S/C20H21N7O5/c1-13-8-17(24-32-13)23-19-18(27(28)29)20(22-11-21-19)26-6-4-25(5-7-26)10-14-2-3-15-16(9-14)31-12-30-15/h2-3,8-9,11H,4-7,10,12H2,1H3,(H,21,22,23,24). The first-order chi connectivity index (χ1) is 15.6. The zero-order valence-corrected chi connectivity index (χ0v) is 17.4. The summed E-state index contributed by atoms with van der Waals surface area (Å²) in [5.74, 6) is 2.83. The van der Waals surface area contributed by atoms with E-state index in [2.05, 4.69) is 25.3 Å². The molecule has 12 heteroatoms. The van der Waals surface area contributed by atoms with Gasteiger partial charge in [0.1, 0.15) is 12.1 Å². The first kappa shape index (κ1) is 20.0. The quantitative estimate of drug-likeness (QED) is 0.449. The van der Waals surface area contributed by atoms with E-state index in [0.29, 0.717) is 24.7 Å². The minimum absolute atomic E-state index is 0.0797. The lowest BCUT2D eigenvalue weighted by Gasteiger charge is -2.35. The summed E-state index contributed by atoms with van der Waals surface area (Å²) < 4.78 is 15.8. The molecule has 0 radical (unpaired) electrons. The van der Waals surface area contributed by atoms with Crippen molar-refractivity contribution in [3.05, 3.63) is 52.0 Å². The first-order valence-electron chi connectivity index (χ1n) is 10.1. The van der Waals surface area contributed by atoms with E-state index in [4.69, 9.17) is 14.0 Å². The molecule has 1 aromatic carbocycles. The third-order valence-corrected chi connectivity index (χ3v) is 5.37. The third kappa shape index (κ3) is 3.99. The van der Waals surface area contributed by atoms with Gasteiger partial charge < -0.3 is 24.2 Å². The molecule has 0 saturated carbocycles. The van der Waals surface area contributed by atoms with Crippen LogP contribution in [0.15, 0.2) is 35.1 Å². The maximum atomic E-state index is 11.9. The molecule has 1 fully saturated rings. The molecule has 1 N–H and O–H groups in total. The molecular weight excluding hydrogens is 418 g/mol. The monoisotopic (exact) mass is 439 g/mol. The van der Waals surface area contributed by atoms with E-state index >= 15 is 0 Å². The number of benzene rings is 1. The third-order valence-electron chi connectivity index (χ3n) is 5.37. The van der Waals surface area contributed by atoms with E-state index in [9.17, 15) is 10.1 Å². The lowest BCUT2D eigenvalue weighted by Crippen LogP contribution is -2.46. The lowest BCUT2D eigenvalue weighted by molar-refractivity contribution is -0.383. The van der Waals surface area contributed by atoms with Gasteiger partial charge in [-0.3, -0.25) is 15.0 Å². The number of anilines is 3. The molecule has 0 spiro atoms. The molecule has 3 aromatic rings. The number of nitrogens with zero attached hydrogens (tertiary/aromatic N) is 6. The van der Waals surface area contributed by atoms with E-state index in [1.54, 1.807) is 13.0 Å². The van der Waals surface area contributed by atoms with Crippen LogP contribution in [0.5, 0.6) is 11.5 Å². The van der Waals surface area contributed by atoms with Gasteiger partial charge in [-0.25, -0.2) is 9.97 Å². The van der Waals surface area contributed by atoms with Crippen molar-refractivity contribution in [2.24, 2.45) is 0 Å². The molecule has 0 bridgehead atoms. The Morgan fingerprint density at radius 2 is 1.94 bits per heavy atom. The second-order valence-electron chi connectivity index (χ2n) is 7.55. The number of nitro groups is 1. The van der Waals surface area contributed by atoms with Crippen LogP contribution in [0.2, 0.25) is 0 Å². The fraction of sp³-hybridized carbons (Fsp3) is 0.350. The van der Waals surface area contributed by atoms with Crippen molar-refractivity contribution < 1.29 is 18.9 Å². The van der Waals surface area contributed by atoms with Gasteiger partial charge in [0.2, 0.25) is 18.4 Å². The van der Waals surface area contributed by atoms with Crippen LogP contribution in [0.3, 0.4) is 0 Å². The van der Waals surface area contributed by atoms with Crippen LogP contribution >= 0.6 is 0 Å². The van der Waals surface area contributed by atoms with Gasteiger partial charge in [0.05, 0.1) is 4.92 Å². The van der Waals surface area contributed by atoms with Crippen LogP contribution in [0, 0.1) is 17.0 Å². The molecule has 0 amide bonds. The number of nitrogens with one attached hydrogen (secondary N) is 1. The SMILES string of the molecule is Cc1cc(Nc2ncnc(N3CCN(Cc4ccc5c(c4)OCO5)CC3)c2[N+](=O)[O-])no1. The van der Waals surface area contributed by atoms with Crippen LogP contribution in [0.25, 0.3) is 0 Å². The number of rotatable bonds is 6. The van der Waals surface area contributed by atoms with Crippen molar-refractivity contribution in [2.75, 3.05) is 43.2 Å². The molecule has 12 nitrogen and oxygen atoms in total. The molecule has 166 valence electrons. The number of fused-ring (bicyclic) bond motifs is 1. The number of aromatic nitrogens is 3. The Morgan fingerprint density at radius 1 is 1.12 bits per heavy atom. The van der Waals surface area contributed by atoms with Crippen molar-refractivity contribution >= 4 is 23.1 Å². The Balaban J connectivity index is 1.28. The Bertz CT molecular complexity index is 1140. The zero-order chi connectivity index (χ0) is 22.1. The number of hydrogen-bond donors (Lipinski definition) is 1. The van der Waals surface area contributed by atoms with Crippen molar-refractivity contribution in [3.63, 3.8) is 0 Å². The van der Waals surface area contributed by atoms with E-state index < -0.39 is 4.92 Å². The molecule has 5 rings (SSSR count). The van der Waals surface area contributed by atoms with Gasteiger partial charge in [-0.05, 0) is 24.6 Å². The second-order valence-corrected chi connectivity index (χ2v) is 7.55. The largest absolute Gasteiger partial charge is 0.454 e. The van der Waals surface area contributed by atoms with Crippen LogP contribution in [-0.4, -0.2) is 57.9 Å². The number of hydrogen-bond acceptors (Lipinski definition) is 11. The van der Waals surface area contributed by atoms with Gasteiger partial charge in [0, 0.05) is 38.8 Å². The average Bonchev–Trinajstić information content (AvgIpc) is 3.42. The molecule has 32 heavy (non-hydrogen) atoms. The van der Waals surface area contributed by atoms with Crippen molar-refractivity contribution in [1.29, 1.82) is 0 Å². The Morgan fingerprint density at radius 3 is 2.69 bits per heavy atom. The highest BCUT2D eigenvalue weighted by Gasteiger charge is 2.30. The topological polar surface area (TPSA) is 132 Å². The van der Waals surface area contributed by atoms with E-state index in [0.717, 1.165) is 36.7 Å². The summed E-state index contributed by atoms with van der Waals surface area (Å²) in [4.78, 5) is 23.9. The van der Waals surface area contributed by atoms with Crippen LogP contribution < -0.4 is 19.7 Å². The van der Waals surface area contributed by atoms with Gasteiger partial charge in [-0.1, -0.05) is 11.2 Å². The van der Waals surface area contributed by atoms with Crippen LogP contribution in [0.1, 0.15) is 11.3 Å². The molecule has 2 aliphatic rings. The summed E-state index contributed by atoms with van der Waals surface area (Å²) in [6.07, 6.45) is 1.32. The van der Waals surface area contributed by atoms with Gasteiger partial charge in [-0.15, -0.1) is 0 Å². The molecular formula is C20H21N7O5. The van der Waals surface area contributed by atoms with Crippen molar-refractivity contribution in [1.82, 2.24) is 20.0 Å². The summed E-state index contributed by atoms with van der Waals surface area (Å²) in [6.45, 7) is 5.43. The number of aryl methyl sites for hydroxylation is 1. The molecule has 2 aliphatic heterocycles. The maximum absolute atomic E-state index is 11.9. The Labute approximate surface area is 182 Å². The number of ether oxygens (including phenoxy) is 2. The smallest absolute Gasteiger partial charge is 0.353 e. The Hall–Kier alpha value is -3.93. The highest BCUT2D eigenvalue weighted by atomic mass is 16.7. The highest BCUT2D eigenvalue weighted by Crippen LogP contribution is 2.35. The molecule has 2 aromatic heterocycles. The van der Waals surface area contributed by atoms with E-state index in [-0.39, 0.29) is 24.1 Å². The van der Waals surface area contributed by atoms with Crippen LogP contribution in [0.4, 0.5) is 23.1 Å². The zero-order valence-electron chi connectivity index (χ0n) is 17.4. The predicted octanol–water partition coefficient (Wildman–Crippen LogP) is 2.48. The normalized spacial score (nSPS) is 15.7. The van der Waals surface area contributed by atoms with Crippen LogP contribution in [-0.2, 0) is 6.54 Å². The minimum Gasteiger partial charge on any atom is -0.454 e. The maximum Gasteiger partial charge on any atom is 0.353 e. The fourth-order valence-electron chi connectivity index (χ4n) is 3.82. The summed E-state index contributed by atoms with van der Waals surface area (Å²) in [5, 5.41) is 18.5. The minimum atomic E-state index is -0.469. The molecule has 0 aliphatic carbocycles. The summed E-state index contributed by atoms with van der Waals surface area (Å²) in [5.41, 5.74) is 0.947. The number of piperazine rings is 1. The highest BCUT2D eigenvalue weighted by molar-refractivity contribution is 5.73. The summed E-state index contributed by atoms with van der Waals surface area (Å²) in [6, 6.07) is 7.58. The molecule has 4 heterocycles. The summed E-state index contributed by atoms with van der Waals surface area (Å²) >= 11 is 0. The molecule has 1 saturated heterocycles. The van der Waals surface area contributed by atoms with Crippen molar-refractivity contribution in [2.45, 2.75) is 13.5 Å². The predicted molar refractivity (Wildman–Crippen MR) is 113 cm³/mol. The van der Waals surface area contributed by atoms with Gasteiger partial charge in [0.25, 0.3) is 0 Å². The first-order valence-corrected chi connectivity index (χ1v) is 10.1. The lowest BCUT2D eigenvalue weighted by atomic mass is 10.1. The summed E-state index contributed by atoms with van der Waals surface area (Å²) in [7, 11) is 0. The molecule has 0 unspecified atom stereocenters. The average molecular weight is 439 g/mol. The second kappa shape index (κ2) is 8.30.